The molecule has 2 aromatic heterocycles. The van der Waals surface area contributed by atoms with E-state index >= 15 is 0 Å². The van der Waals surface area contributed by atoms with Crippen LogP contribution in [0.25, 0.3) is 17.1 Å². The van der Waals surface area contributed by atoms with Crippen LogP contribution in [0.15, 0.2) is 42.6 Å². The molecule has 0 saturated carbocycles. The van der Waals surface area contributed by atoms with Crippen molar-refractivity contribution >= 4 is 0 Å². The first kappa shape index (κ1) is 23.6. The van der Waals surface area contributed by atoms with Gasteiger partial charge in [0.05, 0.1) is 38.8 Å². The summed E-state index contributed by atoms with van der Waals surface area (Å²) < 4.78 is 23.4. The standard InChI is InChI=1S/C23H31N5O4/c1-17(16-30-4)32-20-9-6-18(7-10-20)23-26-25-21(15-27(2)12-13-29-3)28(23)19-8-11-22(31-5)24-14-19/h6-11,14,17H,12-13,15-16H2,1-5H3/t17-/m0/s1. The summed E-state index contributed by atoms with van der Waals surface area (Å²) in [6.07, 6.45) is 1.72. The van der Waals surface area contributed by atoms with Crippen LogP contribution >= 0.6 is 0 Å². The molecule has 9 nitrogen and oxygen atoms in total. The monoisotopic (exact) mass is 441 g/mol. The molecule has 0 unspecified atom stereocenters. The molecule has 0 saturated heterocycles. The largest absolute Gasteiger partial charge is 0.488 e. The third kappa shape index (κ3) is 6.03. The van der Waals surface area contributed by atoms with Gasteiger partial charge in [-0.05, 0) is 44.3 Å². The van der Waals surface area contributed by atoms with E-state index in [9.17, 15) is 0 Å². The van der Waals surface area contributed by atoms with Crippen molar-refractivity contribution in [2.45, 2.75) is 19.6 Å². The van der Waals surface area contributed by atoms with E-state index in [2.05, 4.69) is 20.1 Å². The topological polar surface area (TPSA) is 83.8 Å². The zero-order valence-corrected chi connectivity index (χ0v) is 19.3. The average Bonchev–Trinajstić information content (AvgIpc) is 3.21. The van der Waals surface area contributed by atoms with Gasteiger partial charge in [-0.15, -0.1) is 10.2 Å². The van der Waals surface area contributed by atoms with Gasteiger partial charge in [-0.3, -0.25) is 9.47 Å². The highest BCUT2D eigenvalue weighted by Crippen LogP contribution is 2.26. The Labute approximate surface area is 188 Å². The zero-order chi connectivity index (χ0) is 22.9. The maximum Gasteiger partial charge on any atom is 0.213 e. The number of benzene rings is 1. The third-order valence-electron chi connectivity index (χ3n) is 4.86. The molecule has 9 heteroatoms. The van der Waals surface area contributed by atoms with Crippen LogP contribution in [0.5, 0.6) is 11.6 Å². The minimum absolute atomic E-state index is 0.0332. The minimum Gasteiger partial charge on any atom is -0.488 e. The van der Waals surface area contributed by atoms with Crippen LogP contribution < -0.4 is 9.47 Å². The van der Waals surface area contributed by atoms with Crippen LogP contribution in [0, 0.1) is 0 Å². The summed E-state index contributed by atoms with van der Waals surface area (Å²) >= 11 is 0. The van der Waals surface area contributed by atoms with Gasteiger partial charge in [-0.1, -0.05) is 0 Å². The Hall–Kier alpha value is -3.01. The average molecular weight is 442 g/mol. The second kappa shape index (κ2) is 11.6. The van der Waals surface area contributed by atoms with Crippen molar-refractivity contribution in [3.05, 3.63) is 48.4 Å². The number of hydrogen-bond acceptors (Lipinski definition) is 8. The summed E-state index contributed by atoms with van der Waals surface area (Å²) in [5.74, 6) is 2.85. The van der Waals surface area contributed by atoms with Crippen LogP contribution in [-0.2, 0) is 16.0 Å². The van der Waals surface area contributed by atoms with Crippen LogP contribution in [0.3, 0.4) is 0 Å². The molecule has 3 rings (SSSR count). The molecule has 1 aromatic carbocycles. The molecule has 32 heavy (non-hydrogen) atoms. The van der Waals surface area contributed by atoms with E-state index in [1.807, 2.05) is 54.9 Å². The molecule has 0 fully saturated rings. The van der Waals surface area contributed by atoms with Gasteiger partial charge in [0.2, 0.25) is 5.88 Å². The van der Waals surface area contributed by atoms with Crippen molar-refractivity contribution in [1.82, 2.24) is 24.6 Å². The predicted octanol–water partition coefficient (Wildman–Crippen LogP) is 2.83. The second-order valence-electron chi connectivity index (χ2n) is 7.47. The third-order valence-corrected chi connectivity index (χ3v) is 4.86. The fourth-order valence-electron chi connectivity index (χ4n) is 3.25. The van der Waals surface area contributed by atoms with E-state index in [0.717, 1.165) is 35.2 Å². The first-order valence-electron chi connectivity index (χ1n) is 10.4. The molecule has 3 aromatic rings. The predicted molar refractivity (Wildman–Crippen MR) is 121 cm³/mol. The van der Waals surface area contributed by atoms with Gasteiger partial charge in [0.1, 0.15) is 11.9 Å². The van der Waals surface area contributed by atoms with E-state index in [4.69, 9.17) is 18.9 Å². The maximum atomic E-state index is 5.87. The summed E-state index contributed by atoms with van der Waals surface area (Å²) in [5.41, 5.74) is 1.78. The Kier molecular flexibility index (Phi) is 8.55. The Morgan fingerprint density at radius 1 is 1.00 bits per heavy atom. The fourth-order valence-corrected chi connectivity index (χ4v) is 3.25. The lowest BCUT2D eigenvalue weighted by atomic mass is 10.2. The molecule has 1 atom stereocenters. The number of likely N-dealkylation sites (N-methyl/N-ethyl adjacent to an activating group) is 1. The van der Waals surface area contributed by atoms with Crippen molar-refractivity contribution < 1.29 is 18.9 Å². The normalized spacial score (nSPS) is 12.2. The van der Waals surface area contributed by atoms with Crippen molar-refractivity contribution in [3.8, 4) is 28.7 Å². The minimum atomic E-state index is -0.0332. The summed E-state index contributed by atoms with van der Waals surface area (Å²) in [4.78, 5) is 6.50. The first-order valence-corrected chi connectivity index (χ1v) is 10.4. The van der Waals surface area contributed by atoms with Gasteiger partial charge in [0.15, 0.2) is 11.6 Å². The van der Waals surface area contributed by atoms with Crippen molar-refractivity contribution in [3.63, 3.8) is 0 Å². The number of aromatic nitrogens is 4. The molecule has 0 radical (unpaired) electrons. The van der Waals surface area contributed by atoms with Crippen LogP contribution in [0.2, 0.25) is 0 Å². The fraction of sp³-hybridized carbons (Fsp3) is 0.435. The summed E-state index contributed by atoms with van der Waals surface area (Å²) in [6.45, 7) is 4.53. The Morgan fingerprint density at radius 2 is 1.78 bits per heavy atom. The second-order valence-corrected chi connectivity index (χ2v) is 7.47. The lowest BCUT2D eigenvalue weighted by Gasteiger charge is -2.17. The number of nitrogens with zero attached hydrogens (tertiary/aromatic N) is 5. The highest BCUT2D eigenvalue weighted by atomic mass is 16.5. The quantitative estimate of drug-likeness (QED) is 0.424. The van der Waals surface area contributed by atoms with Crippen LogP contribution in [-0.4, -0.2) is 78.9 Å². The van der Waals surface area contributed by atoms with Crippen LogP contribution in [0.4, 0.5) is 0 Å². The summed E-state index contributed by atoms with van der Waals surface area (Å²) in [5, 5.41) is 8.97. The molecule has 0 spiro atoms. The van der Waals surface area contributed by atoms with E-state index in [0.29, 0.717) is 25.6 Å². The number of ether oxygens (including phenoxy) is 4. The number of hydrogen-bond donors (Lipinski definition) is 0. The highest BCUT2D eigenvalue weighted by Gasteiger charge is 2.18. The van der Waals surface area contributed by atoms with Gasteiger partial charge in [0, 0.05) is 32.4 Å². The van der Waals surface area contributed by atoms with Crippen molar-refractivity contribution in [1.29, 1.82) is 0 Å². The highest BCUT2D eigenvalue weighted by molar-refractivity contribution is 5.59. The first-order chi connectivity index (χ1) is 15.5. The van der Waals surface area contributed by atoms with E-state index in [1.54, 1.807) is 27.5 Å². The SMILES string of the molecule is COCCN(C)Cc1nnc(-c2ccc(O[C@@H](C)COC)cc2)n1-c1ccc(OC)nc1. The Morgan fingerprint density at radius 3 is 2.41 bits per heavy atom. The number of pyridine rings is 1. The van der Waals surface area contributed by atoms with Crippen molar-refractivity contribution in [2.75, 3.05) is 48.1 Å². The molecule has 172 valence electrons. The molecule has 0 aliphatic rings. The molecule has 0 amide bonds. The van der Waals surface area contributed by atoms with E-state index in [-0.39, 0.29) is 6.10 Å². The lowest BCUT2D eigenvalue weighted by molar-refractivity contribution is 0.0921. The summed E-state index contributed by atoms with van der Waals surface area (Å²) in [6, 6.07) is 11.6. The lowest BCUT2D eigenvalue weighted by Crippen LogP contribution is -2.24. The summed E-state index contributed by atoms with van der Waals surface area (Å²) in [7, 11) is 6.98. The van der Waals surface area contributed by atoms with E-state index < -0.39 is 0 Å². The molecule has 0 N–H and O–H groups in total. The van der Waals surface area contributed by atoms with Gasteiger partial charge in [-0.25, -0.2) is 4.98 Å². The Balaban J connectivity index is 1.92. The molecular weight excluding hydrogens is 410 g/mol. The molecule has 0 aliphatic carbocycles. The van der Waals surface area contributed by atoms with E-state index in [1.165, 1.54) is 0 Å². The number of methoxy groups -OCH3 is 3. The van der Waals surface area contributed by atoms with Crippen molar-refractivity contribution in [2.24, 2.45) is 0 Å². The van der Waals surface area contributed by atoms with Gasteiger partial charge < -0.3 is 18.9 Å². The zero-order valence-electron chi connectivity index (χ0n) is 19.3. The van der Waals surface area contributed by atoms with Crippen LogP contribution in [0.1, 0.15) is 12.7 Å². The van der Waals surface area contributed by atoms with Gasteiger partial charge >= 0.3 is 0 Å². The molecular formula is C23H31N5O4. The number of rotatable bonds is 12. The molecule has 0 aliphatic heterocycles. The molecule has 0 bridgehead atoms. The van der Waals surface area contributed by atoms with Gasteiger partial charge in [-0.2, -0.15) is 0 Å². The Bertz CT molecular complexity index is 960. The molecule has 2 heterocycles. The maximum absolute atomic E-state index is 5.87. The smallest absolute Gasteiger partial charge is 0.213 e. The van der Waals surface area contributed by atoms with Gasteiger partial charge in [0.25, 0.3) is 0 Å².